The first-order valence-electron chi connectivity index (χ1n) is 11.5. The van der Waals surface area contributed by atoms with Gasteiger partial charge < -0.3 is 15.0 Å². The molecule has 0 bridgehead atoms. The molecule has 0 saturated heterocycles. The van der Waals surface area contributed by atoms with Crippen LogP contribution < -0.4 is 10.1 Å². The fourth-order valence-electron chi connectivity index (χ4n) is 3.72. The highest BCUT2D eigenvalue weighted by Crippen LogP contribution is 2.33. The van der Waals surface area contributed by atoms with E-state index in [1.54, 1.807) is 11.0 Å². The summed E-state index contributed by atoms with van der Waals surface area (Å²) < 4.78 is 6.72. The second-order valence-corrected chi connectivity index (χ2v) is 9.44. The van der Waals surface area contributed by atoms with Crippen molar-refractivity contribution in [3.05, 3.63) is 75.7 Å². The largest absolute Gasteiger partial charge is 0.483 e. The molecule has 3 rings (SSSR count). The maximum Gasteiger partial charge on any atom is 0.261 e. The van der Waals surface area contributed by atoms with E-state index in [1.165, 1.54) is 0 Å². The zero-order chi connectivity index (χ0) is 24.7. The average Bonchev–Trinajstić information content (AvgIpc) is 2.84. The van der Waals surface area contributed by atoms with E-state index in [9.17, 15) is 9.59 Å². The quantitative estimate of drug-likeness (QED) is 0.323. The van der Waals surface area contributed by atoms with E-state index < -0.39 is 6.04 Å². The molecule has 0 saturated carbocycles. The molecule has 2 amide bonds. The minimum absolute atomic E-state index is 0.0172. The number of benzene rings is 3. The van der Waals surface area contributed by atoms with Crippen LogP contribution in [-0.2, 0) is 16.1 Å². The molecule has 0 unspecified atom stereocenters. The van der Waals surface area contributed by atoms with Gasteiger partial charge in [0.25, 0.3) is 5.91 Å². The van der Waals surface area contributed by atoms with Gasteiger partial charge in [-0.1, -0.05) is 74.0 Å². The first kappa shape index (κ1) is 26.0. The fourth-order valence-corrected chi connectivity index (χ4v) is 4.52. The fraction of sp³-hybridized carbons (Fsp3) is 0.333. The van der Waals surface area contributed by atoms with E-state index in [1.807, 2.05) is 75.4 Å². The summed E-state index contributed by atoms with van der Waals surface area (Å²) >= 11 is 9.98. The van der Waals surface area contributed by atoms with E-state index in [4.69, 9.17) is 16.3 Å². The number of fused-ring (bicyclic) bond motifs is 1. The molecule has 0 spiro atoms. The van der Waals surface area contributed by atoms with Crippen molar-refractivity contribution >= 4 is 50.1 Å². The highest BCUT2D eigenvalue weighted by molar-refractivity contribution is 9.10. The number of ether oxygens (including phenoxy) is 1. The Hall–Kier alpha value is -2.57. The lowest BCUT2D eigenvalue weighted by molar-refractivity contribution is -0.143. The molecule has 0 aromatic heterocycles. The summed E-state index contributed by atoms with van der Waals surface area (Å²) in [6.45, 7) is 5.87. The zero-order valence-corrected chi connectivity index (χ0v) is 22.0. The third kappa shape index (κ3) is 6.30. The Morgan fingerprint density at radius 2 is 1.74 bits per heavy atom. The molecule has 34 heavy (non-hydrogen) atoms. The molecular formula is C27H30BrClN2O3. The summed E-state index contributed by atoms with van der Waals surface area (Å²) in [4.78, 5) is 28.0. The molecule has 0 aliphatic carbocycles. The third-order valence-electron chi connectivity index (χ3n) is 5.86. The predicted molar refractivity (Wildman–Crippen MR) is 141 cm³/mol. The van der Waals surface area contributed by atoms with E-state index >= 15 is 0 Å². The van der Waals surface area contributed by atoms with Gasteiger partial charge in [-0.25, -0.2) is 0 Å². The molecule has 0 radical (unpaired) electrons. The van der Waals surface area contributed by atoms with Crippen molar-refractivity contribution in [3.63, 3.8) is 0 Å². The zero-order valence-electron chi connectivity index (χ0n) is 19.7. The molecule has 1 N–H and O–H groups in total. The number of hydrogen-bond acceptors (Lipinski definition) is 3. The van der Waals surface area contributed by atoms with Gasteiger partial charge in [0.2, 0.25) is 5.91 Å². The highest BCUT2D eigenvalue weighted by atomic mass is 79.9. The number of carbonyl (C=O) groups excluding carboxylic acids is 2. The van der Waals surface area contributed by atoms with Crippen molar-refractivity contribution in [1.82, 2.24) is 10.2 Å². The van der Waals surface area contributed by atoms with Crippen LogP contribution >= 0.6 is 27.5 Å². The van der Waals surface area contributed by atoms with Crippen LogP contribution in [0.4, 0.5) is 0 Å². The molecule has 0 heterocycles. The van der Waals surface area contributed by atoms with Crippen molar-refractivity contribution in [3.8, 4) is 5.75 Å². The van der Waals surface area contributed by atoms with Gasteiger partial charge in [-0.05, 0) is 64.2 Å². The van der Waals surface area contributed by atoms with Crippen LogP contribution in [0.2, 0.25) is 5.02 Å². The number of nitrogens with zero attached hydrogens (tertiary/aromatic N) is 1. The Kier molecular flexibility index (Phi) is 9.36. The topological polar surface area (TPSA) is 58.6 Å². The van der Waals surface area contributed by atoms with Crippen LogP contribution in [0.1, 0.15) is 39.2 Å². The van der Waals surface area contributed by atoms with Gasteiger partial charge >= 0.3 is 0 Å². The predicted octanol–water partition coefficient (Wildman–Crippen LogP) is 6.36. The number of rotatable bonds is 10. The van der Waals surface area contributed by atoms with Crippen molar-refractivity contribution in [1.29, 1.82) is 0 Å². The highest BCUT2D eigenvalue weighted by Gasteiger charge is 2.30. The van der Waals surface area contributed by atoms with Gasteiger partial charge in [0.1, 0.15) is 11.8 Å². The molecular weight excluding hydrogens is 516 g/mol. The Morgan fingerprint density at radius 3 is 2.44 bits per heavy atom. The van der Waals surface area contributed by atoms with E-state index in [0.717, 1.165) is 27.2 Å². The second kappa shape index (κ2) is 12.2. The molecule has 0 aliphatic rings. The average molecular weight is 546 g/mol. The number of hydrogen-bond donors (Lipinski definition) is 1. The molecule has 3 aromatic rings. The van der Waals surface area contributed by atoms with Crippen LogP contribution in [0.25, 0.3) is 10.8 Å². The maximum absolute atomic E-state index is 13.4. The van der Waals surface area contributed by atoms with E-state index in [-0.39, 0.29) is 31.0 Å². The molecule has 5 nitrogen and oxygen atoms in total. The van der Waals surface area contributed by atoms with Crippen LogP contribution in [0, 0.1) is 0 Å². The lowest BCUT2D eigenvalue weighted by atomic mass is 10.1. The van der Waals surface area contributed by atoms with Crippen LogP contribution in [0.5, 0.6) is 5.75 Å². The van der Waals surface area contributed by atoms with Gasteiger partial charge in [0.05, 0.1) is 4.47 Å². The van der Waals surface area contributed by atoms with Gasteiger partial charge in [-0.3, -0.25) is 9.59 Å². The Morgan fingerprint density at radius 1 is 1.03 bits per heavy atom. The SMILES string of the molecule is CC[C@H](C)NC(=O)[C@H](CC)N(Cc1ccccc1Cl)C(=O)COc1ccc2ccccc2c1Br. The van der Waals surface area contributed by atoms with Crippen molar-refractivity contribution in [2.24, 2.45) is 0 Å². The molecule has 0 aliphatic heterocycles. The van der Waals surface area contributed by atoms with Gasteiger partial charge in [-0.2, -0.15) is 0 Å². The smallest absolute Gasteiger partial charge is 0.261 e. The minimum atomic E-state index is -0.638. The first-order chi connectivity index (χ1) is 16.3. The maximum atomic E-state index is 13.4. The van der Waals surface area contributed by atoms with Gasteiger partial charge in [0.15, 0.2) is 6.61 Å². The molecule has 0 fully saturated rings. The monoisotopic (exact) mass is 544 g/mol. The number of amides is 2. The second-order valence-electron chi connectivity index (χ2n) is 8.24. The summed E-state index contributed by atoms with van der Waals surface area (Å²) in [6.07, 6.45) is 1.28. The lowest BCUT2D eigenvalue weighted by Crippen LogP contribution is -2.51. The first-order valence-corrected chi connectivity index (χ1v) is 12.7. The third-order valence-corrected chi connectivity index (χ3v) is 7.05. The van der Waals surface area contributed by atoms with Crippen LogP contribution in [-0.4, -0.2) is 35.4 Å². The molecule has 3 aromatic carbocycles. The summed E-state index contributed by atoms with van der Waals surface area (Å²) in [6, 6.07) is 18.5. The normalized spacial score (nSPS) is 12.7. The molecule has 7 heteroatoms. The summed E-state index contributed by atoms with van der Waals surface area (Å²) in [7, 11) is 0. The molecule has 2 atom stereocenters. The Bertz CT molecular complexity index is 1150. The lowest BCUT2D eigenvalue weighted by Gasteiger charge is -2.31. The Balaban J connectivity index is 1.84. The van der Waals surface area contributed by atoms with Gasteiger partial charge in [-0.15, -0.1) is 0 Å². The van der Waals surface area contributed by atoms with Gasteiger partial charge in [0, 0.05) is 17.6 Å². The molecule has 180 valence electrons. The Labute approximate surface area is 214 Å². The van der Waals surface area contributed by atoms with Crippen LogP contribution in [0.3, 0.4) is 0 Å². The summed E-state index contributed by atoms with van der Waals surface area (Å²) in [5.41, 5.74) is 0.777. The number of carbonyl (C=O) groups is 2. The number of halogens is 2. The van der Waals surface area contributed by atoms with E-state index in [0.29, 0.717) is 17.2 Å². The standard InChI is InChI=1S/C27H30BrClN2O3/c1-4-18(3)30-27(33)23(5-2)31(16-20-11-7-9-13-22(20)29)25(32)17-34-24-15-14-19-10-6-8-12-21(19)26(24)28/h6-15,18,23H,4-5,16-17H2,1-3H3,(H,30,33)/t18-,23-/m0/s1. The summed E-state index contributed by atoms with van der Waals surface area (Å²) in [5.74, 6) is 0.108. The summed E-state index contributed by atoms with van der Waals surface area (Å²) in [5, 5.41) is 5.63. The van der Waals surface area contributed by atoms with Crippen molar-refractivity contribution in [2.45, 2.75) is 52.2 Å². The van der Waals surface area contributed by atoms with Crippen LogP contribution in [0.15, 0.2) is 65.1 Å². The van der Waals surface area contributed by atoms with Crippen molar-refractivity contribution in [2.75, 3.05) is 6.61 Å². The van der Waals surface area contributed by atoms with Crippen molar-refractivity contribution < 1.29 is 14.3 Å². The van der Waals surface area contributed by atoms with E-state index in [2.05, 4.69) is 21.2 Å². The number of nitrogens with one attached hydrogen (secondary N) is 1. The minimum Gasteiger partial charge on any atom is -0.483 e.